The molecule has 0 aliphatic rings. The standard InChI is InChI=1S/C77H128N4O28/c1-5-65(86)98-53-21-25-57-102-69(90)29-41-78(37-13-9-17-49-82)45-33-73(94)106-61-77(62-107-74(95)34-46-79(38-14-10-18-50-83)42-30-70(91)103-58-26-22-54-99-66(87)6-2,63-108-75(96)35-47-80(39-15-11-19-51-84)43-31-71(92)104-59-27-23-55-100-67(88)7-3)64-109-76(97)36-48-81(40-16-12-20-52-85)44-32-72(93)105-60-28-24-56-101-68(89)8-4/h5-8,82-85H,1-4,9-64H2. The van der Waals surface area contributed by atoms with E-state index in [1.54, 1.807) is 0 Å². The number of nitrogens with zero attached hydrogens (tertiary/aromatic N) is 4. The molecule has 32 heteroatoms. The van der Waals surface area contributed by atoms with E-state index in [4.69, 9.17) is 56.8 Å². The summed E-state index contributed by atoms with van der Waals surface area (Å²) in [7, 11) is 0. The van der Waals surface area contributed by atoms with Crippen LogP contribution in [0.5, 0.6) is 0 Å². The molecule has 109 heavy (non-hydrogen) atoms. The Hall–Kier alpha value is -7.72. The average molecular weight is 1560 g/mol. The van der Waals surface area contributed by atoms with E-state index in [1.807, 2.05) is 19.6 Å². The maximum absolute atomic E-state index is 14.1. The number of aliphatic hydroxyl groups excluding tert-OH is 4. The summed E-state index contributed by atoms with van der Waals surface area (Å²) in [5.74, 6) is -7.37. The minimum Gasteiger partial charge on any atom is -0.466 e. The van der Waals surface area contributed by atoms with Crippen molar-refractivity contribution < 1.29 is 135 Å². The van der Waals surface area contributed by atoms with Gasteiger partial charge in [-0.3, -0.25) is 38.4 Å². The summed E-state index contributed by atoms with van der Waals surface area (Å²) in [6.07, 6.45) is 13.6. The Morgan fingerprint density at radius 2 is 0.385 bits per heavy atom. The Morgan fingerprint density at radius 3 is 0.550 bits per heavy atom. The molecule has 0 saturated heterocycles. The third-order valence-electron chi connectivity index (χ3n) is 16.6. The minimum atomic E-state index is -1.79. The van der Waals surface area contributed by atoms with E-state index in [0.717, 1.165) is 24.3 Å². The zero-order valence-corrected chi connectivity index (χ0v) is 64.6. The summed E-state index contributed by atoms with van der Waals surface area (Å²) < 4.78 is 65.5. The highest BCUT2D eigenvalue weighted by molar-refractivity contribution is 5.82. The van der Waals surface area contributed by atoms with Crippen LogP contribution in [0.3, 0.4) is 0 Å². The molecule has 0 saturated carbocycles. The van der Waals surface area contributed by atoms with E-state index in [2.05, 4.69) is 26.3 Å². The number of hydrogen-bond acceptors (Lipinski definition) is 32. The van der Waals surface area contributed by atoms with Crippen molar-refractivity contribution in [1.29, 1.82) is 0 Å². The van der Waals surface area contributed by atoms with Crippen molar-refractivity contribution in [2.45, 2.75) is 180 Å². The Bertz CT molecular complexity index is 2230. The second kappa shape index (κ2) is 70.7. The number of hydrogen-bond donors (Lipinski definition) is 4. The molecule has 0 unspecified atom stereocenters. The molecule has 0 radical (unpaired) electrons. The number of carbonyl (C=O) groups is 12. The quantitative estimate of drug-likeness (QED) is 0.0258. The van der Waals surface area contributed by atoms with Crippen molar-refractivity contribution in [1.82, 2.24) is 19.6 Å². The van der Waals surface area contributed by atoms with Gasteiger partial charge in [0.1, 0.15) is 31.8 Å². The molecule has 0 heterocycles. The van der Waals surface area contributed by atoms with Crippen LogP contribution in [0.15, 0.2) is 50.6 Å². The maximum atomic E-state index is 14.1. The first kappa shape index (κ1) is 101. The van der Waals surface area contributed by atoms with E-state index in [1.165, 1.54) is 0 Å². The molecule has 0 spiro atoms. The Balaban J connectivity index is 7.28. The van der Waals surface area contributed by atoms with E-state index in [-0.39, 0.29) is 183 Å². The van der Waals surface area contributed by atoms with Crippen molar-refractivity contribution in [2.24, 2.45) is 5.41 Å². The van der Waals surface area contributed by atoms with Crippen LogP contribution in [0.25, 0.3) is 0 Å². The topological polar surface area (TPSA) is 409 Å². The maximum Gasteiger partial charge on any atom is 0.330 e. The molecule has 0 aromatic carbocycles. The summed E-state index contributed by atoms with van der Waals surface area (Å²) in [4.78, 5) is 161. The summed E-state index contributed by atoms with van der Waals surface area (Å²) in [6, 6.07) is 0. The third kappa shape index (κ3) is 62.7. The second-order valence-electron chi connectivity index (χ2n) is 25.8. The average Bonchev–Trinajstić information content (AvgIpc) is 0.851. The van der Waals surface area contributed by atoms with Gasteiger partial charge in [-0.2, -0.15) is 0 Å². The number of rotatable bonds is 76. The lowest BCUT2D eigenvalue weighted by molar-refractivity contribution is -0.171. The molecule has 32 nitrogen and oxygen atoms in total. The SMILES string of the molecule is C=CC(=O)OCCCCOC(=O)CCN(CCCCCO)CCC(=O)OCC(COC(=O)CCN(CCCCCO)CCC(=O)OCCCCOC(=O)C=C)(COC(=O)CCN(CCCCCO)CCC(=O)OCCCCOC(=O)C=C)COC(=O)CCN(CCCCCO)CCC(=O)OCCCCOC(=O)C=C. The van der Waals surface area contributed by atoms with E-state index in [9.17, 15) is 78.0 Å². The van der Waals surface area contributed by atoms with Crippen LogP contribution in [-0.2, 0) is 114 Å². The van der Waals surface area contributed by atoms with E-state index >= 15 is 0 Å². The molecule has 0 aliphatic heterocycles. The zero-order chi connectivity index (χ0) is 80.6. The van der Waals surface area contributed by atoms with Gasteiger partial charge in [-0.1, -0.05) is 26.3 Å². The molecule has 0 atom stereocenters. The van der Waals surface area contributed by atoms with Crippen LogP contribution in [0.1, 0.15) is 180 Å². The van der Waals surface area contributed by atoms with Crippen LogP contribution in [0.4, 0.5) is 0 Å². The van der Waals surface area contributed by atoms with Gasteiger partial charge in [0.05, 0.1) is 104 Å². The van der Waals surface area contributed by atoms with Crippen molar-refractivity contribution in [3.63, 3.8) is 0 Å². The molecule has 4 N–H and O–H groups in total. The molecular formula is C77H128N4O28. The van der Waals surface area contributed by atoms with Gasteiger partial charge in [0.2, 0.25) is 0 Å². The van der Waals surface area contributed by atoms with Crippen LogP contribution in [0.2, 0.25) is 0 Å². The second-order valence-corrected chi connectivity index (χ2v) is 25.8. The predicted octanol–water partition coefficient (Wildman–Crippen LogP) is 5.34. The fourth-order valence-electron chi connectivity index (χ4n) is 10.1. The summed E-state index contributed by atoms with van der Waals surface area (Å²) in [5.41, 5.74) is -1.79. The molecule has 0 aromatic rings. The fraction of sp³-hybridized carbons (Fsp3) is 0.740. The van der Waals surface area contributed by atoms with Crippen LogP contribution in [-0.4, -0.2) is 296 Å². The lowest BCUT2D eigenvalue weighted by atomic mass is 9.92. The largest absolute Gasteiger partial charge is 0.466 e. The first-order valence-corrected chi connectivity index (χ1v) is 38.5. The highest BCUT2D eigenvalue weighted by Crippen LogP contribution is 2.24. The number of esters is 12. The van der Waals surface area contributed by atoms with Gasteiger partial charge in [0.15, 0.2) is 0 Å². The fourth-order valence-corrected chi connectivity index (χ4v) is 10.1. The van der Waals surface area contributed by atoms with Gasteiger partial charge in [-0.15, -0.1) is 0 Å². The van der Waals surface area contributed by atoms with Gasteiger partial charge in [0.25, 0.3) is 0 Å². The monoisotopic (exact) mass is 1560 g/mol. The summed E-state index contributed by atoms with van der Waals surface area (Å²) in [6.45, 7) is 14.3. The Labute approximate surface area is 643 Å². The smallest absolute Gasteiger partial charge is 0.330 e. The zero-order valence-electron chi connectivity index (χ0n) is 64.6. The summed E-state index contributed by atoms with van der Waals surface area (Å²) >= 11 is 0. The normalized spacial score (nSPS) is 11.2. The molecule has 0 aromatic heterocycles. The van der Waals surface area contributed by atoms with Crippen molar-refractivity contribution in [3.8, 4) is 0 Å². The summed E-state index contributed by atoms with van der Waals surface area (Å²) in [5, 5.41) is 38.0. The van der Waals surface area contributed by atoms with Crippen molar-refractivity contribution >= 4 is 71.6 Å². The van der Waals surface area contributed by atoms with Gasteiger partial charge >= 0.3 is 71.6 Å². The predicted molar refractivity (Wildman–Crippen MR) is 398 cm³/mol. The number of carbonyl (C=O) groups excluding carboxylic acids is 12. The lowest BCUT2D eigenvalue weighted by Crippen LogP contribution is -2.44. The Morgan fingerprint density at radius 1 is 0.220 bits per heavy atom. The van der Waals surface area contributed by atoms with Crippen molar-refractivity contribution in [2.75, 3.05) is 184 Å². The molecule has 0 rings (SSSR count). The van der Waals surface area contributed by atoms with E-state index < -0.39 is 103 Å². The van der Waals surface area contributed by atoms with Crippen molar-refractivity contribution in [3.05, 3.63) is 50.6 Å². The number of ether oxygens (including phenoxy) is 12. The molecule has 0 bridgehead atoms. The lowest BCUT2D eigenvalue weighted by Gasteiger charge is -2.32. The van der Waals surface area contributed by atoms with Gasteiger partial charge in [-0.25, -0.2) is 19.2 Å². The van der Waals surface area contributed by atoms with E-state index in [0.29, 0.717) is 155 Å². The molecular weight excluding hydrogens is 1430 g/mol. The molecule has 624 valence electrons. The van der Waals surface area contributed by atoms with Crippen LogP contribution < -0.4 is 0 Å². The van der Waals surface area contributed by atoms with Crippen LogP contribution >= 0.6 is 0 Å². The molecule has 0 fully saturated rings. The third-order valence-corrected chi connectivity index (χ3v) is 16.6. The van der Waals surface area contributed by atoms with Gasteiger partial charge in [0, 0.05) is 103 Å². The highest BCUT2D eigenvalue weighted by Gasteiger charge is 2.38. The minimum absolute atomic E-state index is 0.0344. The first-order chi connectivity index (χ1) is 52.7. The molecule has 0 amide bonds. The Kier molecular flexibility index (Phi) is 65.6. The van der Waals surface area contributed by atoms with Crippen LogP contribution in [0, 0.1) is 5.41 Å². The van der Waals surface area contributed by atoms with Gasteiger partial charge < -0.3 is 96.9 Å². The number of aliphatic hydroxyl groups is 4. The first-order valence-electron chi connectivity index (χ1n) is 38.5. The molecule has 0 aliphatic carbocycles. The highest BCUT2D eigenvalue weighted by atomic mass is 16.6. The number of unbranched alkanes of at least 4 members (excludes halogenated alkanes) is 12. The van der Waals surface area contributed by atoms with Gasteiger partial charge in [-0.05, 0) is 155 Å².